The maximum atomic E-state index is 12.8. The van der Waals surface area contributed by atoms with Crippen LogP contribution in [0.5, 0.6) is 34.5 Å². The van der Waals surface area contributed by atoms with Gasteiger partial charge in [-0.15, -0.1) is 0 Å². The minimum atomic E-state index is -0.887. The first-order valence-electron chi connectivity index (χ1n) is 7.17. The van der Waals surface area contributed by atoms with Gasteiger partial charge in [0.25, 0.3) is 0 Å². The molecule has 126 valence electrons. The fourth-order valence-corrected chi connectivity index (χ4v) is 2.75. The van der Waals surface area contributed by atoms with Crippen LogP contribution in [-0.2, 0) is 0 Å². The summed E-state index contributed by atoms with van der Waals surface area (Å²) in [6.07, 6.45) is 0. The first kappa shape index (κ1) is 15.8. The van der Waals surface area contributed by atoms with Gasteiger partial charge in [0.2, 0.25) is 0 Å². The van der Waals surface area contributed by atoms with E-state index in [1.54, 1.807) is 0 Å². The number of carbonyl (C=O) groups excluding carboxylic acids is 1. The fraction of sp³-hybridized carbons (Fsp3) is 0.235. The van der Waals surface area contributed by atoms with Crippen molar-refractivity contribution >= 4 is 5.78 Å². The molecule has 2 aromatic carbocycles. The van der Waals surface area contributed by atoms with Crippen molar-refractivity contribution in [2.24, 2.45) is 0 Å². The van der Waals surface area contributed by atoms with Crippen LogP contribution >= 0.6 is 0 Å². The molecule has 3 rings (SSSR count). The smallest absolute Gasteiger partial charge is 0.181 e. The second-order valence-corrected chi connectivity index (χ2v) is 5.55. The Balaban J connectivity index is 2.11. The molecule has 7 nitrogen and oxygen atoms in total. The highest BCUT2D eigenvalue weighted by molar-refractivity contribution is 6.07. The average Bonchev–Trinajstić information content (AvgIpc) is 2.54. The number of aromatic hydroxyl groups is 4. The zero-order valence-corrected chi connectivity index (χ0v) is 13.0. The van der Waals surface area contributed by atoms with Gasteiger partial charge in [0, 0.05) is 23.3 Å². The number of rotatable bonds is 2. The van der Waals surface area contributed by atoms with Crippen molar-refractivity contribution in [3.05, 3.63) is 34.9 Å². The zero-order valence-electron chi connectivity index (χ0n) is 13.0. The second-order valence-electron chi connectivity index (χ2n) is 5.55. The fourth-order valence-electron chi connectivity index (χ4n) is 2.75. The highest BCUT2D eigenvalue weighted by Crippen LogP contribution is 2.45. The number of phenols is 4. The van der Waals surface area contributed by atoms with Crippen molar-refractivity contribution in [2.75, 3.05) is 13.7 Å². The van der Waals surface area contributed by atoms with Crippen LogP contribution in [0.4, 0.5) is 0 Å². The Labute approximate surface area is 137 Å². The number of ether oxygens (including phenoxy) is 2. The minimum absolute atomic E-state index is 0.0482. The minimum Gasteiger partial charge on any atom is -0.507 e. The molecular formula is C17H16O7. The SMILES string of the molecule is COc1cc([C@H]2COc3cc(O)c(C)c(O)c3C2=O)c(O)cc1O. The van der Waals surface area contributed by atoms with Gasteiger partial charge in [-0.3, -0.25) is 4.79 Å². The summed E-state index contributed by atoms with van der Waals surface area (Å²) >= 11 is 0. The van der Waals surface area contributed by atoms with Crippen molar-refractivity contribution in [3.63, 3.8) is 0 Å². The quantitative estimate of drug-likeness (QED) is 0.666. The van der Waals surface area contributed by atoms with Gasteiger partial charge in [0.1, 0.15) is 35.2 Å². The average molecular weight is 332 g/mol. The lowest BCUT2D eigenvalue weighted by Gasteiger charge is -2.26. The van der Waals surface area contributed by atoms with E-state index in [-0.39, 0.29) is 57.8 Å². The number of Topliss-reactive ketones (excluding diaryl/α,β-unsaturated/α-hetero) is 1. The van der Waals surface area contributed by atoms with Gasteiger partial charge in [-0.25, -0.2) is 0 Å². The Morgan fingerprint density at radius 1 is 1.08 bits per heavy atom. The van der Waals surface area contributed by atoms with E-state index in [2.05, 4.69) is 0 Å². The monoisotopic (exact) mass is 332 g/mol. The predicted octanol–water partition coefficient (Wildman–Crippen LogP) is 2.18. The zero-order chi connectivity index (χ0) is 17.6. The number of phenolic OH excluding ortho intramolecular Hbond substituents is 4. The maximum Gasteiger partial charge on any atom is 0.181 e. The van der Waals surface area contributed by atoms with Crippen LogP contribution in [-0.4, -0.2) is 39.9 Å². The Morgan fingerprint density at radius 2 is 1.79 bits per heavy atom. The molecule has 0 radical (unpaired) electrons. The van der Waals surface area contributed by atoms with Crippen LogP contribution in [0.3, 0.4) is 0 Å². The summed E-state index contributed by atoms with van der Waals surface area (Å²) in [6.45, 7) is 1.39. The standard InChI is InChI=1S/C17H16O7/c1-7-10(18)5-14-15(16(7)21)17(22)9(6-24-14)8-3-13(23-2)12(20)4-11(8)19/h3-5,9,18-21H,6H2,1-2H3/t9-/m1/s1. The van der Waals surface area contributed by atoms with Gasteiger partial charge in [-0.1, -0.05) is 0 Å². The summed E-state index contributed by atoms with van der Waals surface area (Å²) in [5.74, 6) is -2.23. The topological polar surface area (TPSA) is 116 Å². The van der Waals surface area contributed by atoms with Crippen molar-refractivity contribution < 1.29 is 34.7 Å². The molecule has 0 amide bonds. The lowest BCUT2D eigenvalue weighted by atomic mass is 9.87. The Hall–Kier alpha value is -3.09. The van der Waals surface area contributed by atoms with Crippen LogP contribution in [0.1, 0.15) is 27.4 Å². The largest absolute Gasteiger partial charge is 0.507 e. The third-order valence-corrected chi connectivity index (χ3v) is 4.16. The van der Waals surface area contributed by atoms with E-state index in [1.807, 2.05) is 0 Å². The van der Waals surface area contributed by atoms with Gasteiger partial charge >= 0.3 is 0 Å². The molecule has 0 bridgehead atoms. The number of methoxy groups -OCH3 is 1. The molecule has 24 heavy (non-hydrogen) atoms. The van der Waals surface area contributed by atoms with Crippen molar-refractivity contribution in [1.82, 2.24) is 0 Å². The highest BCUT2D eigenvalue weighted by atomic mass is 16.5. The molecule has 0 unspecified atom stereocenters. The molecule has 7 heteroatoms. The van der Waals surface area contributed by atoms with Gasteiger partial charge < -0.3 is 29.9 Å². The molecule has 1 aliphatic rings. The van der Waals surface area contributed by atoms with Crippen molar-refractivity contribution in [2.45, 2.75) is 12.8 Å². The molecule has 0 spiro atoms. The summed E-state index contributed by atoms with van der Waals surface area (Å²) in [5, 5.41) is 39.7. The van der Waals surface area contributed by atoms with E-state index >= 15 is 0 Å². The van der Waals surface area contributed by atoms with E-state index in [0.717, 1.165) is 6.07 Å². The number of hydrogen-bond acceptors (Lipinski definition) is 7. The highest BCUT2D eigenvalue weighted by Gasteiger charge is 2.36. The van der Waals surface area contributed by atoms with E-state index in [4.69, 9.17) is 9.47 Å². The van der Waals surface area contributed by atoms with Crippen molar-refractivity contribution in [3.8, 4) is 34.5 Å². The number of ketones is 1. The summed E-state index contributed by atoms with van der Waals surface area (Å²) in [5.41, 5.74) is 0.331. The molecule has 4 N–H and O–H groups in total. The van der Waals surface area contributed by atoms with E-state index in [9.17, 15) is 25.2 Å². The van der Waals surface area contributed by atoms with Crippen LogP contribution in [0.15, 0.2) is 18.2 Å². The molecular weight excluding hydrogens is 316 g/mol. The first-order valence-corrected chi connectivity index (χ1v) is 7.17. The van der Waals surface area contributed by atoms with Crippen LogP contribution in [0.2, 0.25) is 0 Å². The molecule has 1 aliphatic heterocycles. The number of hydrogen-bond donors (Lipinski definition) is 4. The Kier molecular flexibility index (Phi) is 3.63. The summed E-state index contributed by atoms with van der Waals surface area (Å²) in [7, 11) is 1.35. The number of carbonyl (C=O) groups is 1. The molecule has 1 atom stereocenters. The van der Waals surface area contributed by atoms with E-state index in [1.165, 1.54) is 26.2 Å². The molecule has 1 heterocycles. The van der Waals surface area contributed by atoms with Gasteiger partial charge in [0.05, 0.1) is 13.0 Å². The van der Waals surface area contributed by atoms with Gasteiger partial charge in [0.15, 0.2) is 17.3 Å². The molecule has 0 aromatic heterocycles. The first-order chi connectivity index (χ1) is 11.3. The maximum absolute atomic E-state index is 12.8. The Bertz CT molecular complexity index is 842. The lowest BCUT2D eigenvalue weighted by molar-refractivity contribution is 0.0889. The second kappa shape index (κ2) is 5.52. The third kappa shape index (κ3) is 2.25. The Morgan fingerprint density at radius 3 is 2.46 bits per heavy atom. The van der Waals surface area contributed by atoms with Gasteiger partial charge in [-0.05, 0) is 13.0 Å². The third-order valence-electron chi connectivity index (χ3n) is 4.16. The summed E-state index contributed by atoms with van der Waals surface area (Å²) < 4.78 is 10.5. The van der Waals surface area contributed by atoms with E-state index in [0.29, 0.717) is 0 Å². The number of fused-ring (bicyclic) bond motifs is 1. The summed E-state index contributed by atoms with van der Waals surface area (Å²) in [6, 6.07) is 3.71. The van der Waals surface area contributed by atoms with Gasteiger partial charge in [-0.2, -0.15) is 0 Å². The number of benzene rings is 2. The molecule has 0 saturated carbocycles. The molecule has 0 saturated heterocycles. The predicted molar refractivity (Wildman–Crippen MR) is 83.4 cm³/mol. The molecule has 2 aromatic rings. The van der Waals surface area contributed by atoms with Crippen LogP contribution in [0.25, 0.3) is 0 Å². The lowest BCUT2D eigenvalue weighted by Crippen LogP contribution is -2.26. The van der Waals surface area contributed by atoms with Crippen LogP contribution < -0.4 is 9.47 Å². The van der Waals surface area contributed by atoms with E-state index < -0.39 is 11.7 Å². The molecule has 0 aliphatic carbocycles. The van der Waals surface area contributed by atoms with Crippen LogP contribution in [0, 0.1) is 6.92 Å². The van der Waals surface area contributed by atoms with Crippen molar-refractivity contribution in [1.29, 1.82) is 0 Å². The normalized spacial score (nSPS) is 16.4. The molecule has 0 fully saturated rings. The summed E-state index contributed by atoms with van der Waals surface area (Å²) in [4.78, 5) is 12.8.